The monoisotopic (exact) mass is 396 g/mol. The molecule has 0 saturated heterocycles. The van der Waals surface area contributed by atoms with Crippen molar-refractivity contribution in [3.05, 3.63) is 74.2 Å². The summed E-state index contributed by atoms with van der Waals surface area (Å²) in [5.41, 5.74) is 3.72. The molecule has 0 unspecified atom stereocenters. The summed E-state index contributed by atoms with van der Waals surface area (Å²) in [6.45, 7) is 0.00702. The highest BCUT2D eigenvalue weighted by Crippen LogP contribution is 2.22. The van der Waals surface area contributed by atoms with Crippen LogP contribution in [0.15, 0.2) is 52.0 Å². The number of ketones is 1. The molecule has 2 aromatic carbocycles. The van der Waals surface area contributed by atoms with E-state index in [0.717, 1.165) is 17.3 Å². The number of aryl methyl sites for hydroxylation is 2. The van der Waals surface area contributed by atoms with Crippen molar-refractivity contribution in [2.45, 2.75) is 32.2 Å². The van der Waals surface area contributed by atoms with Crippen molar-refractivity contribution in [2.75, 3.05) is 0 Å². The zero-order chi connectivity index (χ0) is 17.4. The number of Topliss-reactive ketones (excluding diaryl/α,β-unsaturated/α-hetero) is 1. The quantitative estimate of drug-likeness (QED) is 0.630. The van der Waals surface area contributed by atoms with E-state index < -0.39 is 0 Å². The fourth-order valence-corrected chi connectivity index (χ4v) is 3.76. The van der Waals surface area contributed by atoms with Gasteiger partial charge in [-0.05, 0) is 61.1 Å². The van der Waals surface area contributed by atoms with Crippen molar-refractivity contribution < 1.29 is 4.79 Å². The van der Waals surface area contributed by atoms with Gasteiger partial charge in [0.15, 0.2) is 5.78 Å². The summed E-state index contributed by atoms with van der Waals surface area (Å²) in [5, 5.41) is 0.509. The maximum atomic E-state index is 12.7. The molecule has 0 N–H and O–H groups in total. The van der Waals surface area contributed by atoms with Crippen molar-refractivity contribution in [3.8, 4) is 0 Å². The molecular weight excluding hydrogens is 380 g/mol. The molecule has 25 heavy (non-hydrogen) atoms. The van der Waals surface area contributed by atoms with Crippen LogP contribution in [0.1, 0.15) is 34.3 Å². The molecule has 1 aliphatic rings. The fourth-order valence-electron chi connectivity index (χ4n) is 3.40. The number of rotatable bonds is 3. The van der Waals surface area contributed by atoms with Gasteiger partial charge in [-0.2, -0.15) is 0 Å². The van der Waals surface area contributed by atoms with Gasteiger partial charge in [0, 0.05) is 10.0 Å². The summed E-state index contributed by atoms with van der Waals surface area (Å²) in [4.78, 5) is 29.6. The van der Waals surface area contributed by atoms with E-state index in [1.165, 1.54) is 34.9 Å². The second-order valence-corrected chi connectivity index (χ2v) is 7.37. The third-order valence-corrected chi connectivity index (χ3v) is 5.26. The number of halogens is 1. The van der Waals surface area contributed by atoms with Crippen molar-refractivity contribution in [2.24, 2.45) is 0 Å². The van der Waals surface area contributed by atoms with Crippen LogP contribution in [-0.4, -0.2) is 15.3 Å². The van der Waals surface area contributed by atoms with Crippen LogP contribution in [-0.2, 0) is 19.4 Å². The van der Waals surface area contributed by atoms with Crippen LogP contribution in [0.5, 0.6) is 0 Å². The minimum absolute atomic E-state index is 0.00702. The van der Waals surface area contributed by atoms with Crippen LogP contribution < -0.4 is 5.56 Å². The average molecular weight is 397 g/mol. The zero-order valence-electron chi connectivity index (χ0n) is 13.7. The van der Waals surface area contributed by atoms with Crippen LogP contribution in [0.25, 0.3) is 10.9 Å². The van der Waals surface area contributed by atoms with Crippen molar-refractivity contribution in [1.29, 1.82) is 0 Å². The molecule has 1 heterocycles. The first-order valence-corrected chi connectivity index (χ1v) is 9.21. The standard InChI is InChI=1S/C20H17BrN2O2/c21-16-7-8-18-17(10-16)20(25)23(12-22-18)11-19(24)15-6-5-13-3-1-2-4-14(13)9-15/h5-10,12H,1-4,11H2. The van der Waals surface area contributed by atoms with Gasteiger partial charge in [0.25, 0.3) is 5.56 Å². The second kappa shape index (κ2) is 6.56. The third kappa shape index (κ3) is 3.16. The van der Waals surface area contributed by atoms with Gasteiger partial charge in [-0.15, -0.1) is 0 Å². The molecule has 0 saturated carbocycles. The van der Waals surface area contributed by atoms with E-state index in [9.17, 15) is 9.59 Å². The molecule has 0 amide bonds. The maximum Gasteiger partial charge on any atom is 0.261 e. The van der Waals surface area contributed by atoms with E-state index in [4.69, 9.17) is 0 Å². The lowest BCUT2D eigenvalue weighted by atomic mass is 9.90. The van der Waals surface area contributed by atoms with Crippen LogP contribution in [0.2, 0.25) is 0 Å². The Morgan fingerprint density at radius 2 is 1.88 bits per heavy atom. The van der Waals surface area contributed by atoms with Crippen LogP contribution >= 0.6 is 15.9 Å². The van der Waals surface area contributed by atoms with E-state index in [2.05, 4.69) is 27.0 Å². The number of fused-ring (bicyclic) bond motifs is 2. The van der Waals surface area contributed by atoms with Crippen molar-refractivity contribution in [1.82, 2.24) is 9.55 Å². The molecule has 5 heteroatoms. The molecule has 4 rings (SSSR count). The van der Waals surface area contributed by atoms with Crippen molar-refractivity contribution >= 4 is 32.6 Å². The second-order valence-electron chi connectivity index (χ2n) is 6.45. The van der Waals surface area contributed by atoms with Crippen LogP contribution in [0.3, 0.4) is 0 Å². The molecule has 0 radical (unpaired) electrons. The maximum absolute atomic E-state index is 12.7. The molecule has 0 fully saturated rings. The Morgan fingerprint density at radius 1 is 1.08 bits per heavy atom. The molecular formula is C20H17BrN2O2. The Kier molecular flexibility index (Phi) is 4.25. The number of nitrogens with zero attached hydrogens (tertiary/aromatic N) is 2. The zero-order valence-corrected chi connectivity index (χ0v) is 15.3. The smallest absolute Gasteiger partial charge is 0.261 e. The lowest BCUT2D eigenvalue weighted by molar-refractivity contribution is 0.0970. The van der Waals surface area contributed by atoms with Gasteiger partial charge in [0.2, 0.25) is 0 Å². The Morgan fingerprint density at radius 3 is 2.72 bits per heavy atom. The van der Waals surface area contributed by atoms with Gasteiger partial charge in [-0.3, -0.25) is 14.2 Å². The number of hydrogen-bond acceptors (Lipinski definition) is 3. The molecule has 0 bridgehead atoms. The summed E-state index contributed by atoms with van der Waals surface area (Å²) in [6, 6.07) is 11.3. The summed E-state index contributed by atoms with van der Waals surface area (Å²) in [6.07, 6.45) is 5.96. The predicted molar refractivity (Wildman–Crippen MR) is 101 cm³/mol. The highest BCUT2D eigenvalue weighted by molar-refractivity contribution is 9.10. The average Bonchev–Trinajstić information content (AvgIpc) is 2.64. The molecule has 0 spiro atoms. The van der Waals surface area contributed by atoms with Gasteiger partial charge in [-0.25, -0.2) is 4.98 Å². The molecule has 1 aliphatic carbocycles. The number of benzene rings is 2. The first kappa shape index (κ1) is 16.2. The third-order valence-electron chi connectivity index (χ3n) is 4.77. The Balaban J connectivity index is 1.66. The van der Waals surface area contributed by atoms with Gasteiger partial charge >= 0.3 is 0 Å². The number of aromatic nitrogens is 2. The predicted octanol–water partition coefficient (Wildman–Crippen LogP) is 3.92. The molecule has 0 aliphatic heterocycles. The van der Waals surface area contributed by atoms with Crippen molar-refractivity contribution in [3.63, 3.8) is 0 Å². The first-order valence-electron chi connectivity index (χ1n) is 8.41. The molecule has 0 atom stereocenters. The van der Waals surface area contributed by atoms with Crippen LogP contribution in [0, 0.1) is 0 Å². The van der Waals surface area contributed by atoms with Gasteiger partial charge in [-0.1, -0.05) is 28.1 Å². The van der Waals surface area contributed by atoms with Gasteiger partial charge in [0.05, 0.1) is 23.8 Å². The van der Waals surface area contributed by atoms with Gasteiger partial charge in [0.1, 0.15) is 0 Å². The van der Waals surface area contributed by atoms with E-state index in [0.29, 0.717) is 16.5 Å². The molecule has 4 nitrogen and oxygen atoms in total. The lowest BCUT2D eigenvalue weighted by Crippen LogP contribution is -2.24. The number of carbonyl (C=O) groups is 1. The number of hydrogen-bond donors (Lipinski definition) is 0. The van der Waals surface area contributed by atoms with Crippen LogP contribution in [0.4, 0.5) is 0 Å². The summed E-state index contributed by atoms with van der Waals surface area (Å²) in [7, 11) is 0. The number of carbonyl (C=O) groups excluding carboxylic acids is 1. The molecule has 1 aromatic heterocycles. The largest absolute Gasteiger partial charge is 0.292 e. The highest BCUT2D eigenvalue weighted by Gasteiger charge is 2.14. The summed E-state index contributed by atoms with van der Waals surface area (Å²) >= 11 is 3.37. The fraction of sp³-hybridized carbons (Fsp3) is 0.250. The highest BCUT2D eigenvalue weighted by atomic mass is 79.9. The topological polar surface area (TPSA) is 52.0 Å². The Labute approximate surface area is 153 Å². The molecule has 3 aromatic rings. The van der Waals surface area contributed by atoms with E-state index >= 15 is 0 Å². The summed E-state index contributed by atoms with van der Waals surface area (Å²) < 4.78 is 2.20. The lowest BCUT2D eigenvalue weighted by Gasteiger charge is -2.16. The Bertz CT molecular complexity index is 1040. The normalized spacial score (nSPS) is 13.6. The summed E-state index contributed by atoms with van der Waals surface area (Å²) in [5.74, 6) is -0.0633. The minimum atomic E-state index is -0.197. The Hall–Kier alpha value is -2.27. The first-order chi connectivity index (χ1) is 12.1. The van der Waals surface area contributed by atoms with E-state index in [1.807, 2.05) is 18.2 Å². The van der Waals surface area contributed by atoms with E-state index in [1.54, 1.807) is 12.1 Å². The minimum Gasteiger partial charge on any atom is -0.292 e. The SMILES string of the molecule is O=C(Cn1cnc2ccc(Br)cc2c1=O)c1ccc2c(c1)CCCC2. The molecule has 126 valence electrons. The van der Waals surface area contributed by atoms with E-state index in [-0.39, 0.29) is 17.9 Å². The van der Waals surface area contributed by atoms with Gasteiger partial charge < -0.3 is 0 Å².